The van der Waals surface area contributed by atoms with Crippen molar-refractivity contribution < 1.29 is 18.0 Å². The second kappa shape index (κ2) is 6.96. The van der Waals surface area contributed by atoms with Crippen molar-refractivity contribution >= 4 is 17.6 Å². The smallest absolute Gasteiger partial charge is 0.388 e. The largest absolute Gasteiger partial charge is 0.416 e. The number of urea groups is 1. The van der Waals surface area contributed by atoms with Gasteiger partial charge in [0.05, 0.1) is 11.4 Å². The van der Waals surface area contributed by atoms with Crippen molar-refractivity contribution in [2.75, 3.05) is 5.32 Å². The molecule has 1 aromatic rings. The Hall–Kier alpha value is -2.25. The predicted molar refractivity (Wildman–Crippen MR) is 74.2 cm³/mol. The summed E-state index contributed by atoms with van der Waals surface area (Å²) in [6, 6.07) is 3.38. The summed E-state index contributed by atoms with van der Waals surface area (Å²) in [6.07, 6.45) is -3.73. The van der Waals surface area contributed by atoms with Crippen molar-refractivity contribution in [1.82, 2.24) is 5.32 Å². The van der Waals surface area contributed by atoms with E-state index in [1.807, 2.05) is 0 Å². The van der Waals surface area contributed by atoms with Gasteiger partial charge in [-0.3, -0.25) is 5.41 Å². The average molecular weight is 302 g/mol. The maximum absolute atomic E-state index is 12.5. The minimum Gasteiger partial charge on any atom is -0.388 e. The lowest BCUT2D eigenvalue weighted by atomic mass is 10.1. The molecule has 116 valence electrons. The Kier molecular flexibility index (Phi) is 5.57. The van der Waals surface area contributed by atoms with Gasteiger partial charge in [-0.25, -0.2) is 4.79 Å². The van der Waals surface area contributed by atoms with Gasteiger partial charge in [-0.2, -0.15) is 13.2 Å². The van der Waals surface area contributed by atoms with Gasteiger partial charge in [-0.05, 0) is 24.6 Å². The van der Waals surface area contributed by atoms with Crippen molar-refractivity contribution in [2.24, 2.45) is 5.73 Å². The summed E-state index contributed by atoms with van der Waals surface area (Å²) < 4.78 is 37.6. The van der Waals surface area contributed by atoms with Gasteiger partial charge in [0.1, 0.15) is 0 Å². The van der Waals surface area contributed by atoms with Crippen LogP contribution in [0, 0.1) is 5.41 Å². The lowest BCUT2D eigenvalue weighted by Gasteiger charge is -2.17. The van der Waals surface area contributed by atoms with Gasteiger partial charge in [-0.15, -0.1) is 0 Å². The van der Waals surface area contributed by atoms with E-state index in [1.165, 1.54) is 12.1 Å². The molecule has 1 atom stereocenters. The van der Waals surface area contributed by atoms with Crippen LogP contribution in [0.3, 0.4) is 0 Å². The summed E-state index contributed by atoms with van der Waals surface area (Å²) in [5.74, 6) is -0.0683. The van der Waals surface area contributed by atoms with E-state index in [4.69, 9.17) is 11.1 Å². The number of amidine groups is 1. The number of hydrogen-bond acceptors (Lipinski definition) is 2. The van der Waals surface area contributed by atoms with Gasteiger partial charge >= 0.3 is 12.2 Å². The Bertz CT molecular complexity index is 516. The van der Waals surface area contributed by atoms with Crippen LogP contribution in [0.2, 0.25) is 0 Å². The number of rotatable bonds is 5. The summed E-state index contributed by atoms with van der Waals surface area (Å²) in [4.78, 5) is 11.7. The lowest BCUT2D eigenvalue weighted by Crippen LogP contribution is -2.39. The molecule has 0 aromatic heterocycles. The summed E-state index contributed by atoms with van der Waals surface area (Å²) in [5.41, 5.74) is 4.46. The average Bonchev–Trinajstić information content (AvgIpc) is 2.36. The Balaban J connectivity index is 2.68. The Labute approximate surface area is 120 Å². The van der Waals surface area contributed by atoms with Crippen LogP contribution in [-0.4, -0.2) is 17.9 Å². The maximum atomic E-state index is 12.5. The van der Waals surface area contributed by atoms with Gasteiger partial charge in [0.2, 0.25) is 0 Å². The Morgan fingerprint density at radius 2 is 2.10 bits per heavy atom. The van der Waals surface area contributed by atoms with Crippen molar-refractivity contribution in [2.45, 2.75) is 32.0 Å². The van der Waals surface area contributed by atoms with E-state index in [9.17, 15) is 18.0 Å². The number of hydrogen-bond donors (Lipinski definition) is 4. The van der Waals surface area contributed by atoms with Crippen LogP contribution in [0.4, 0.5) is 23.7 Å². The first kappa shape index (κ1) is 16.8. The second-order valence-electron chi connectivity index (χ2n) is 4.51. The molecule has 0 fully saturated rings. The normalized spacial score (nSPS) is 12.6. The first-order valence-corrected chi connectivity index (χ1v) is 6.30. The minimum absolute atomic E-state index is 0.0417. The molecule has 5 nitrogen and oxygen atoms in total. The van der Waals surface area contributed by atoms with E-state index >= 15 is 0 Å². The Morgan fingerprint density at radius 3 is 2.62 bits per heavy atom. The molecule has 0 saturated carbocycles. The molecule has 0 aliphatic rings. The highest BCUT2D eigenvalue weighted by Gasteiger charge is 2.30. The quantitative estimate of drug-likeness (QED) is 0.497. The summed E-state index contributed by atoms with van der Waals surface area (Å²) in [6.45, 7) is 1.80. The zero-order valence-electron chi connectivity index (χ0n) is 11.4. The van der Waals surface area contributed by atoms with E-state index in [1.54, 1.807) is 6.92 Å². The molecule has 2 amide bonds. The first-order valence-electron chi connectivity index (χ1n) is 6.30. The molecule has 0 saturated heterocycles. The van der Waals surface area contributed by atoms with Gasteiger partial charge in [0.15, 0.2) is 0 Å². The fraction of sp³-hybridized carbons (Fsp3) is 0.385. The standard InChI is InChI=1S/C13H17F3N4O/c1-2-9(7-11(17)18)19-12(21)20-10-5-3-4-8(6-10)13(14,15)16/h3-6,9H,2,7H2,1H3,(H3,17,18)(H2,19,20,21). The molecule has 0 aliphatic carbocycles. The zero-order chi connectivity index (χ0) is 16.0. The van der Waals surface area contributed by atoms with Crippen LogP contribution < -0.4 is 16.4 Å². The minimum atomic E-state index is -4.46. The number of alkyl halides is 3. The molecule has 0 radical (unpaired) electrons. The van der Waals surface area contributed by atoms with E-state index in [-0.39, 0.29) is 24.0 Å². The van der Waals surface area contributed by atoms with E-state index in [0.29, 0.717) is 6.42 Å². The second-order valence-corrected chi connectivity index (χ2v) is 4.51. The van der Waals surface area contributed by atoms with Crippen molar-refractivity contribution in [1.29, 1.82) is 5.41 Å². The number of benzene rings is 1. The third kappa shape index (κ3) is 5.72. The third-order valence-electron chi connectivity index (χ3n) is 2.74. The summed E-state index contributed by atoms with van der Waals surface area (Å²) >= 11 is 0. The molecular weight excluding hydrogens is 285 g/mol. The number of amides is 2. The van der Waals surface area contributed by atoms with Gasteiger partial charge < -0.3 is 16.4 Å². The molecule has 0 bridgehead atoms. The summed E-state index contributed by atoms with van der Waals surface area (Å²) in [5, 5.41) is 12.1. The van der Waals surface area contributed by atoms with E-state index in [0.717, 1.165) is 12.1 Å². The number of nitrogens with one attached hydrogen (secondary N) is 3. The zero-order valence-corrected chi connectivity index (χ0v) is 11.4. The van der Waals surface area contributed by atoms with E-state index < -0.39 is 17.8 Å². The molecule has 0 aliphatic heterocycles. The highest BCUT2D eigenvalue weighted by molar-refractivity contribution is 5.90. The van der Waals surface area contributed by atoms with Crippen molar-refractivity contribution in [3.05, 3.63) is 29.8 Å². The molecular formula is C13H17F3N4O. The van der Waals surface area contributed by atoms with Crippen molar-refractivity contribution in [3.63, 3.8) is 0 Å². The van der Waals surface area contributed by atoms with Crippen molar-refractivity contribution in [3.8, 4) is 0 Å². The maximum Gasteiger partial charge on any atom is 0.416 e. The van der Waals surface area contributed by atoms with Crippen LogP contribution in [0.25, 0.3) is 0 Å². The van der Waals surface area contributed by atoms with Gasteiger partial charge in [0, 0.05) is 18.2 Å². The number of carbonyl (C=O) groups excluding carboxylic acids is 1. The van der Waals surface area contributed by atoms with Crippen LogP contribution in [-0.2, 0) is 6.18 Å². The predicted octanol–water partition coefficient (Wildman–Crippen LogP) is 2.93. The SMILES string of the molecule is CCC(CC(=N)N)NC(=O)Nc1cccc(C(F)(F)F)c1. The number of anilines is 1. The lowest BCUT2D eigenvalue weighted by molar-refractivity contribution is -0.137. The van der Waals surface area contributed by atoms with Gasteiger partial charge in [-0.1, -0.05) is 13.0 Å². The Morgan fingerprint density at radius 1 is 1.43 bits per heavy atom. The number of nitrogens with two attached hydrogens (primary N) is 1. The first-order chi connectivity index (χ1) is 9.72. The van der Waals surface area contributed by atoms with Crippen LogP contribution >= 0.6 is 0 Å². The molecule has 0 heterocycles. The number of carbonyl (C=O) groups is 1. The topological polar surface area (TPSA) is 91.0 Å². The summed E-state index contributed by atoms with van der Waals surface area (Å²) in [7, 11) is 0. The molecule has 8 heteroatoms. The molecule has 1 aromatic carbocycles. The third-order valence-corrected chi connectivity index (χ3v) is 2.74. The van der Waals surface area contributed by atoms with E-state index in [2.05, 4.69) is 10.6 Å². The fourth-order valence-corrected chi connectivity index (χ4v) is 1.69. The van der Waals surface area contributed by atoms with Crippen LogP contribution in [0.5, 0.6) is 0 Å². The molecule has 1 unspecified atom stereocenters. The molecule has 21 heavy (non-hydrogen) atoms. The molecule has 5 N–H and O–H groups in total. The monoisotopic (exact) mass is 302 g/mol. The van der Waals surface area contributed by atoms with Gasteiger partial charge in [0.25, 0.3) is 0 Å². The van der Waals surface area contributed by atoms with Crippen LogP contribution in [0.15, 0.2) is 24.3 Å². The highest BCUT2D eigenvalue weighted by atomic mass is 19.4. The molecule has 1 rings (SSSR count). The number of halogens is 3. The molecule has 0 spiro atoms. The highest BCUT2D eigenvalue weighted by Crippen LogP contribution is 2.30. The fourth-order valence-electron chi connectivity index (χ4n) is 1.69. The van der Waals surface area contributed by atoms with Crippen LogP contribution in [0.1, 0.15) is 25.3 Å².